The number of carbonyl (C=O) groups is 2. The smallest absolute Gasteiger partial charge is 0.412 e. The lowest BCUT2D eigenvalue weighted by molar-refractivity contribution is 0.0640. The Balaban J connectivity index is 2.30. The van der Waals surface area contributed by atoms with Crippen molar-refractivity contribution >= 4 is 38.7 Å². The van der Waals surface area contributed by atoms with Crippen molar-refractivity contribution in [1.29, 1.82) is 0 Å². The fraction of sp³-hybridized carbons (Fsp3) is 0.111. The zero-order valence-electron chi connectivity index (χ0n) is 15.2. The predicted octanol–water partition coefficient (Wildman–Crippen LogP) is 2.58. The minimum atomic E-state index is -3.70. The first-order chi connectivity index (χ1) is 13.5. The second kappa shape index (κ2) is 7.09. The summed E-state index contributed by atoms with van der Waals surface area (Å²) in [6.07, 6.45) is -0.412. The van der Waals surface area contributed by atoms with Gasteiger partial charge in [0.1, 0.15) is 28.5 Å². The quantitative estimate of drug-likeness (QED) is 0.486. The van der Waals surface area contributed by atoms with Gasteiger partial charge in [0.05, 0.1) is 11.9 Å². The first-order valence-corrected chi connectivity index (χ1v) is 9.85. The molecular formula is C18H15FN2O7S. The van der Waals surface area contributed by atoms with E-state index in [1.54, 1.807) is 0 Å². The van der Waals surface area contributed by atoms with E-state index in [4.69, 9.17) is 10.2 Å². The number of phenols is 1. The number of sulfonamides is 1. The maximum atomic E-state index is 13.3. The first kappa shape index (κ1) is 20.1. The van der Waals surface area contributed by atoms with Gasteiger partial charge in [0.2, 0.25) is 10.0 Å². The minimum Gasteiger partial charge on any atom is -0.506 e. The molecule has 0 bridgehead atoms. The molecule has 2 aromatic carbocycles. The number of rotatable bonds is 4. The first-order valence-electron chi connectivity index (χ1n) is 8.00. The third-order valence-corrected chi connectivity index (χ3v) is 5.32. The van der Waals surface area contributed by atoms with Crippen molar-refractivity contribution in [2.75, 3.05) is 17.6 Å². The van der Waals surface area contributed by atoms with E-state index in [0.717, 1.165) is 28.8 Å². The van der Waals surface area contributed by atoms with E-state index < -0.39 is 33.7 Å². The molecule has 3 N–H and O–H groups in total. The van der Waals surface area contributed by atoms with Crippen LogP contribution in [0.15, 0.2) is 40.8 Å². The fourth-order valence-corrected chi connectivity index (χ4v) is 3.20. The number of esters is 1. The Kier molecular flexibility index (Phi) is 4.93. The summed E-state index contributed by atoms with van der Waals surface area (Å²) < 4.78 is 47.8. The van der Waals surface area contributed by atoms with Gasteiger partial charge in [-0.25, -0.2) is 22.4 Å². The van der Waals surface area contributed by atoms with E-state index in [9.17, 15) is 27.5 Å². The summed E-state index contributed by atoms with van der Waals surface area (Å²) >= 11 is 0. The number of hydrogen-bond acceptors (Lipinski definition) is 7. The van der Waals surface area contributed by atoms with Crippen molar-refractivity contribution in [2.45, 2.75) is 0 Å². The zero-order chi connectivity index (χ0) is 21.5. The summed E-state index contributed by atoms with van der Waals surface area (Å²) in [7, 11) is -2.48. The van der Waals surface area contributed by atoms with Crippen LogP contribution in [0.25, 0.3) is 22.3 Å². The largest absolute Gasteiger partial charge is 0.506 e. The van der Waals surface area contributed by atoms with E-state index in [2.05, 4.69) is 4.74 Å². The van der Waals surface area contributed by atoms with Crippen LogP contribution >= 0.6 is 0 Å². The Labute approximate surface area is 164 Å². The van der Waals surface area contributed by atoms with Crippen molar-refractivity contribution in [3.63, 3.8) is 0 Å². The third kappa shape index (κ3) is 3.85. The molecule has 0 unspecified atom stereocenters. The average molecular weight is 422 g/mol. The lowest BCUT2D eigenvalue weighted by Crippen LogP contribution is -2.24. The van der Waals surface area contributed by atoms with E-state index in [1.807, 2.05) is 0 Å². The highest BCUT2D eigenvalue weighted by Gasteiger charge is 2.27. The lowest BCUT2D eigenvalue weighted by atomic mass is 10.0. The van der Waals surface area contributed by atoms with Gasteiger partial charge in [-0.15, -0.1) is 0 Å². The highest BCUT2D eigenvalue weighted by molar-refractivity contribution is 7.92. The molecule has 0 saturated heterocycles. The number of furan rings is 1. The molecule has 1 heterocycles. The number of benzene rings is 2. The number of nitrogens with zero attached hydrogens (tertiary/aromatic N) is 1. The second-order valence-corrected chi connectivity index (χ2v) is 8.10. The summed E-state index contributed by atoms with van der Waals surface area (Å²) in [5, 5.41) is 10.3. The standard InChI is InChI=1S/C18H15FN2O7S/c1-21(29(2,25)26)12-8-14-11(7-13(12)22)15(17(23)28-18(20)24)16(27-14)9-3-5-10(19)6-4-9/h3-8,22H,1-2H3,(H2,20,24). The molecule has 0 radical (unpaired) electrons. The number of fused-ring (bicyclic) bond motifs is 1. The number of anilines is 1. The zero-order valence-corrected chi connectivity index (χ0v) is 16.0. The van der Waals surface area contributed by atoms with E-state index in [1.165, 1.54) is 25.2 Å². The van der Waals surface area contributed by atoms with Crippen molar-refractivity contribution in [2.24, 2.45) is 5.73 Å². The summed E-state index contributed by atoms with van der Waals surface area (Å²) in [5.41, 5.74) is 4.86. The number of phenolic OH excluding ortho intramolecular Hbond substituents is 1. The Bertz CT molecular complexity index is 1230. The Morgan fingerprint density at radius 1 is 1.21 bits per heavy atom. The van der Waals surface area contributed by atoms with Gasteiger partial charge >= 0.3 is 12.1 Å². The van der Waals surface area contributed by atoms with Gasteiger partial charge in [-0.1, -0.05) is 0 Å². The lowest BCUT2D eigenvalue weighted by Gasteiger charge is -2.17. The molecule has 0 aliphatic rings. The second-order valence-electron chi connectivity index (χ2n) is 6.09. The summed E-state index contributed by atoms with van der Waals surface area (Å²) in [6, 6.07) is 7.23. The molecule has 29 heavy (non-hydrogen) atoms. The highest BCUT2D eigenvalue weighted by atomic mass is 32.2. The number of halogens is 1. The number of primary amides is 1. The summed E-state index contributed by atoms with van der Waals surface area (Å²) in [4.78, 5) is 23.5. The molecule has 3 aromatic rings. The molecule has 3 rings (SSSR count). The molecule has 0 saturated carbocycles. The van der Waals surface area contributed by atoms with Crippen LogP contribution in [0.5, 0.6) is 5.75 Å². The summed E-state index contributed by atoms with van der Waals surface area (Å²) in [5.74, 6) is -2.23. The molecule has 0 atom stereocenters. The van der Waals surface area contributed by atoms with Crippen molar-refractivity contribution in [3.8, 4) is 17.1 Å². The fourth-order valence-electron chi connectivity index (χ4n) is 2.70. The Morgan fingerprint density at radius 3 is 2.38 bits per heavy atom. The number of ether oxygens (including phenoxy) is 1. The molecule has 1 aromatic heterocycles. The van der Waals surface area contributed by atoms with Crippen LogP contribution in [-0.4, -0.2) is 38.9 Å². The maximum absolute atomic E-state index is 13.3. The minimum absolute atomic E-state index is 0.0176. The molecule has 0 aliphatic carbocycles. The Morgan fingerprint density at radius 2 is 1.83 bits per heavy atom. The SMILES string of the molecule is CN(c1cc2oc(-c3ccc(F)cc3)c(C(=O)OC(N)=O)c2cc1O)S(C)(=O)=O. The van der Waals surface area contributed by atoms with Crippen LogP contribution in [0.3, 0.4) is 0 Å². The van der Waals surface area contributed by atoms with Gasteiger partial charge in [0.15, 0.2) is 0 Å². The molecule has 9 nitrogen and oxygen atoms in total. The van der Waals surface area contributed by atoms with Crippen LogP contribution in [0, 0.1) is 5.82 Å². The van der Waals surface area contributed by atoms with Gasteiger partial charge in [0.25, 0.3) is 0 Å². The van der Waals surface area contributed by atoms with E-state index in [-0.39, 0.29) is 33.5 Å². The number of nitrogens with two attached hydrogens (primary N) is 1. The molecular weight excluding hydrogens is 407 g/mol. The van der Waals surface area contributed by atoms with Gasteiger partial charge in [0, 0.05) is 24.1 Å². The van der Waals surface area contributed by atoms with Crippen LogP contribution in [0.2, 0.25) is 0 Å². The molecule has 0 fully saturated rings. The summed E-state index contributed by atoms with van der Waals surface area (Å²) in [6.45, 7) is 0. The molecule has 0 spiro atoms. The average Bonchev–Trinajstić information content (AvgIpc) is 2.98. The van der Waals surface area contributed by atoms with E-state index >= 15 is 0 Å². The molecule has 152 valence electrons. The maximum Gasteiger partial charge on any atom is 0.412 e. The van der Waals surface area contributed by atoms with Crippen LogP contribution < -0.4 is 10.0 Å². The van der Waals surface area contributed by atoms with Crippen LogP contribution in [0.4, 0.5) is 14.9 Å². The third-order valence-electron chi connectivity index (χ3n) is 4.13. The normalized spacial score (nSPS) is 11.4. The number of carbonyl (C=O) groups excluding carboxylic acids is 2. The molecule has 11 heteroatoms. The van der Waals surface area contributed by atoms with Crippen molar-refractivity contribution in [1.82, 2.24) is 0 Å². The predicted molar refractivity (Wildman–Crippen MR) is 102 cm³/mol. The van der Waals surface area contributed by atoms with Gasteiger partial charge in [-0.2, -0.15) is 0 Å². The van der Waals surface area contributed by atoms with E-state index in [0.29, 0.717) is 0 Å². The number of aromatic hydroxyl groups is 1. The van der Waals surface area contributed by atoms with Gasteiger partial charge < -0.3 is 20.0 Å². The molecule has 1 amide bonds. The van der Waals surface area contributed by atoms with Crippen LogP contribution in [0.1, 0.15) is 10.4 Å². The van der Waals surface area contributed by atoms with Crippen molar-refractivity contribution in [3.05, 3.63) is 47.8 Å². The van der Waals surface area contributed by atoms with Crippen molar-refractivity contribution < 1.29 is 36.7 Å². The van der Waals surface area contributed by atoms with Gasteiger partial charge in [-0.05, 0) is 30.3 Å². The highest BCUT2D eigenvalue weighted by Crippen LogP contribution is 2.40. The van der Waals surface area contributed by atoms with Gasteiger partial charge in [-0.3, -0.25) is 4.31 Å². The Hall–Kier alpha value is -3.60. The number of amides is 1. The van der Waals surface area contributed by atoms with Crippen LogP contribution in [-0.2, 0) is 14.8 Å². The number of hydrogen-bond donors (Lipinski definition) is 2. The monoisotopic (exact) mass is 422 g/mol. The molecule has 0 aliphatic heterocycles. The topological polar surface area (TPSA) is 140 Å².